The highest BCUT2D eigenvalue weighted by Gasteiger charge is 2.25. The molecule has 0 aromatic carbocycles. The second-order valence-electron chi connectivity index (χ2n) is 5.16. The molecule has 0 fully saturated rings. The van der Waals surface area contributed by atoms with Crippen molar-refractivity contribution >= 4 is 32.1 Å². The molecular formula is C15H19N3OS2. The van der Waals surface area contributed by atoms with E-state index in [0.717, 1.165) is 11.4 Å². The zero-order valence-electron chi connectivity index (χ0n) is 12.6. The Labute approximate surface area is 132 Å². The molecule has 0 aliphatic carbocycles. The van der Waals surface area contributed by atoms with E-state index in [1.807, 2.05) is 23.1 Å². The normalized spacial score (nSPS) is 13.2. The van der Waals surface area contributed by atoms with Gasteiger partial charge in [0.05, 0.1) is 19.3 Å². The van der Waals surface area contributed by atoms with Crippen LogP contribution in [-0.4, -0.2) is 23.9 Å². The molecule has 3 heterocycles. The molecule has 0 aliphatic rings. The molecule has 1 N–H and O–H groups in total. The van der Waals surface area contributed by atoms with Crippen molar-refractivity contribution in [3.05, 3.63) is 34.3 Å². The van der Waals surface area contributed by atoms with Crippen LogP contribution < -0.4 is 10.1 Å². The standard InChI is InChI=1S/C15H19N3OS2/c1-9(2)18-15(10(19-4)8-17-18)14(16-3)13-7-12-11(21-13)5-6-20-12/h5-9,14,16H,1-4H3. The molecular weight excluding hydrogens is 302 g/mol. The fourth-order valence-corrected chi connectivity index (χ4v) is 4.77. The Morgan fingerprint density at radius 1 is 1.33 bits per heavy atom. The van der Waals surface area contributed by atoms with Crippen LogP contribution in [0.15, 0.2) is 23.7 Å². The minimum Gasteiger partial charge on any atom is -0.493 e. The lowest BCUT2D eigenvalue weighted by Gasteiger charge is -2.20. The fourth-order valence-electron chi connectivity index (χ4n) is 2.54. The summed E-state index contributed by atoms with van der Waals surface area (Å²) in [5.41, 5.74) is 1.09. The second-order valence-corrected chi connectivity index (χ2v) is 7.22. The highest BCUT2D eigenvalue weighted by atomic mass is 32.1. The Morgan fingerprint density at radius 2 is 2.14 bits per heavy atom. The molecule has 1 unspecified atom stereocenters. The molecule has 0 bridgehead atoms. The minimum atomic E-state index is 0.0921. The van der Waals surface area contributed by atoms with Crippen molar-refractivity contribution in [3.8, 4) is 5.75 Å². The van der Waals surface area contributed by atoms with Gasteiger partial charge in [-0.3, -0.25) is 4.68 Å². The molecule has 3 aromatic rings. The Hall–Kier alpha value is -1.37. The quantitative estimate of drug-likeness (QED) is 0.770. The van der Waals surface area contributed by atoms with Crippen LogP contribution in [-0.2, 0) is 0 Å². The van der Waals surface area contributed by atoms with E-state index >= 15 is 0 Å². The third-order valence-corrected chi connectivity index (χ3v) is 5.67. The molecule has 0 amide bonds. The predicted octanol–water partition coefficient (Wildman–Crippen LogP) is 4.06. The zero-order chi connectivity index (χ0) is 15.0. The van der Waals surface area contributed by atoms with Crippen LogP contribution in [0.4, 0.5) is 0 Å². The first-order chi connectivity index (χ1) is 10.2. The summed E-state index contributed by atoms with van der Waals surface area (Å²) in [7, 11) is 3.68. The van der Waals surface area contributed by atoms with Gasteiger partial charge in [0.2, 0.25) is 0 Å². The van der Waals surface area contributed by atoms with Gasteiger partial charge in [-0.15, -0.1) is 22.7 Å². The summed E-state index contributed by atoms with van der Waals surface area (Å²) in [5, 5.41) is 10.0. The van der Waals surface area contributed by atoms with Gasteiger partial charge in [-0.1, -0.05) is 0 Å². The molecule has 21 heavy (non-hydrogen) atoms. The molecule has 3 aromatic heterocycles. The summed E-state index contributed by atoms with van der Waals surface area (Å²) >= 11 is 3.61. The maximum absolute atomic E-state index is 5.52. The SMILES string of the molecule is CNC(c1cc2sccc2s1)c1c(OC)cnn1C(C)C. The van der Waals surface area contributed by atoms with Crippen molar-refractivity contribution < 1.29 is 4.74 Å². The van der Waals surface area contributed by atoms with Crippen LogP contribution in [0.25, 0.3) is 9.40 Å². The first-order valence-electron chi connectivity index (χ1n) is 6.91. The van der Waals surface area contributed by atoms with E-state index in [2.05, 4.69) is 41.8 Å². The largest absolute Gasteiger partial charge is 0.493 e. The fraction of sp³-hybridized carbons (Fsp3) is 0.400. The molecule has 0 saturated heterocycles. The molecule has 0 spiro atoms. The summed E-state index contributed by atoms with van der Waals surface area (Å²) in [6, 6.07) is 4.83. The first kappa shape index (κ1) is 14.6. The van der Waals surface area contributed by atoms with E-state index in [0.29, 0.717) is 6.04 Å². The number of hydrogen-bond acceptors (Lipinski definition) is 5. The van der Waals surface area contributed by atoms with Gasteiger partial charge in [0.1, 0.15) is 5.69 Å². The van der Waals surface area contributed by atoms with Crippen molar-refractivity contribution in [2.75, 3.05) is 14.2 Å². The summed E-state index contributed by atoms with van der Waals surface area (Å²) in [6.45, 7) is 4.27. The maximum Gasteiger partial charge on any atom is 0.161 e. The molecule has 6 heteroatoms. The zero-order valence-corrected chi connectivity index (χ0v) is 14.2. The van der Waals surface area contributed by atoms with Crippen LogP contribution in [0.2, 0.25) is 0 Å². The lowest BCUT2D eigenvalue weighted by molar-refractivity contribution is 0.397. The van der Waals surface area contributed by atoms with Gasteiger partial charge in [0.25, 0.3) is 0 Å². The number of nitrogens with one attached hydrogen (secondary N) is 1. The molecule has 0 saturated carbocycles. The summed E-state index contributed by atoms with van der Waals surface area (Å²) < 4.78 is 10.2. The van der Waals surface area contributed by atoms with Crippen LogP contribution in [0.1, 0.15) is 36.5 Å². The van der Waals surface area contributed by atoms with Gasteiger partial charge in [0, 0.05) is 20.3 Å². The van der Waals surface area contributed by atoms with Crippen molar-refractivity contribution in [1.82, 2.24) is 15.1 Å². The van der Waals surface area contributed by atoms with E-state index < -0.39 is 0 Å². The van der Waals surface area contributed by atoms with Gasteiger partial charge in [-0.25, -0.2) is 0 Å². The molecule has 0 aliphatic heterocycles. The van der Waals surface area contributed by atoms with E-state index in [1.54, 1.807) is 24.6 Å². The molecule has 3 rings (SSSR count). The van der Waals surface area contributed by atoms with E-state index in [9.17, 15) is 0 Å². The third-order valence-electron chi connectivity index (χ3n) is 3.51. The predicted molar refractivity (Wildman–Crippen MR) is 89.8 cm³/mol. The van der Waals surface area contributed by atoms with Crippen LogP contribution in [0.3, 0.4) is 0 Å². The van der Waals surface area contributed by atoms with Crippen LogP contribution >= 0.6 is 22.7 Å². The molecule has 4 nitrogen and oxygen atoms in total. The van der Waals surface area contributed by atoms with E-state index in [-0.39, 0.29) is 6.04 Å². The highest BCUT2D eigenvalue weighted by molar-refractivity contribution is 7.27. The lowest BCUT2D eigenvalue weighted by atomic mass is 10.1. The van der Waals surface area contributed by atoms with Gasteiger partial charge >= 0.3 is 0 Å². The number of ether oxygens (including phenoxy) is 1. The molecule has 0 radical (unpaired) electrons. The third kappa shape index (κ3) is 2.47. The number of methoxy groups -OCH3 is 1. The summed E-state index contributed by atoms with van der Waals surface area (Å²) in [5.74, 6) is 0.833. The average Bonchev–Trinajstić information content (AvgIpc) is 3.12. The van der Waals surface area contributed by atoms with E-state index in [1.165, 1.54) is 14.3 Å². The topological polar surface area (TPSA) is 39.1 Å². The van der Waals surface area contributed by atoms with Crippen molar-refractivity contribution in [2.45, 2.75) is 25.9 Å². The van der Waals surface area contributed by atoms with Gasteiger partial charge in [-0.2, -0.15) is 5.10 Å². The van der Waals surface area contributed by atoms with Gasteiger partial charge in [0.15, 0.2) is 5.75 Å². The summed E-state index contributed by atoms with van der Waals surface area (Å²) in [6.07, 6.45) is 1.80. The summed E-state index contributed by atoms with van der Waals surface area (Å²) in [4.78, 5) is 1.29. The second kappa shape index (κ2) is 5.79. The lowest BCUT2D eigenvalue weighted by Crippen LogP contribution is -2.22. The number of rotatable bonds is 5. The number of aromatic nitrogens is 2. The smallest absolute Gasteiger partial charge is 0.161 e. The molecule has 1 atom stereocenters. The minimum absolute atomic E-state index is 0.0921. The Balaban J connectivity index is 2.11. The Kier molecular flexibility index (Phi) is 4.01. The van der Waals surface area contributed by atoms with Gasteiger partial charge < -0.3 is 10.1 Å². The van der Waals surface area contributed by atoms with Crippen LogP contribution in [0.5, 0.6) is 5.75 Å². The number of hydrogen-bond donors (Lipinski definition) is 1. The first-order valence-corrected chi connectivity index (χ1v) is 8.61. The van der Waals surface area contributed by atoms with Crippen molar-refractivity contribution in [3.63, 3.8) is 0 Å². The maximum atomic E-state index is 5.52. The van der Waals surface area contributed by atoms with E-state index in [4.69, 9.17) is 4.74 Å². The number of nitrogens with zero attached hydrogens (tertiary/aromatic N) is 2. The average molecular weight is 321 g/mol. The Bertz CT molecular complexity index is 713. The van der Waals surface area contributed by atoms with Crippen molar-refractivity contribution in [1.29, 1.82) is 0 Å². The monoisotopic (exact) mass is 321 g/mol. The Morgan fingerprint density at radius 3 is 2.76 bits per heavy atom. The van der Waals surface area contributed by atoms with Crippen LogP contribution in [0, 0.1) is 0 Å². The number of fused-ring (bicyclic) bond motifs is 1. The molecule has 112 valence electrons. The highest BCUT2D eigenvalue weighted by Crippen LogP contribution is 2.38. The van der Waals surface area contributed by atoms with Gasteiger partial charge in [-0.05, 0) is 38.4 Å². The number of thiophene rings is 2. The van der Waals surface area contributed by atoms with Crippen molar-refractivity contribution in [2.24, 2.45) is 0 Å².